The molecule has 11 atom stereocenters. The molecule has 5 aliphatic carbocycles. The summed E-state index contributed by atoms with van der Waals surface area (Å²) in [5, 5.41) is 0. The van der Waals surface area contributed by atoms with Gasteiger partial charge in [0.25, 0.3) is 0 Å². The van der Waals surface area contributed by atoms with E-state index in [-0.39, 0.29) is 6.29 Å². The Labute approximate surface area is 235 Å². The lowest BCUT2D eigenvalue weighted by molar-refractivity contribution is -0.251. The highest BCUT2D eigenvalue weighted by atomic mass is 16.7. The average molecular weight is 525 g/mol. The van der Waals surface area contributed by atoms with Crippen LogP contribution in [0.15, 0.2) is 12.2 Å². The quantitative estimate of drug-likeness (QED) is 0.341. The summed E-state index contributed by atoms with van der Waals surface area (Å²) < 4.78 is 12.7. The molecule has 0 aromatic carbocycles. The normalized spacial score (nSPS) is 53.8. The Bertz CT molecular complexity index is 916. The van der Waals surface area contributed by atoms with Gasteiger partial charge in [-0.2, -0.15) is 0 Å². The highest BCUT2D eigenvalue weighted by molar-refractivity contribution is 5.21. The van der Waals surface area contributed by atoms with Crippen LogP contribution < -0.4 is 0 Å². The van der Waals surface area contributed by atoms with Gasteiger partial charge in [0.1, 0.15) is 0 Å². The van der Waals surface area contributed by atoms with Crippen LogP contribution in [0.3, 0.4) is 0 Å². The molecule has 1 unspecified atom stereocenters. The smallest absolute Gasteiger partial charge is 0.157 e. The molecule has 1 saturated heterocycles. The van der Waals surface area contributed by atoms with Crippen LogP contribution in [0.25, 0.3) is 0 Å². The van der Waals surface area contributed by atoms with E-state index in [4.69, 9.17) is 9.47 Å². The van der Waals surface area contributed by atoms with Gasteiger partial charge in [0.2, 0.25) is 0 Å². The molecule has 0 spiro atoms. The molecule has 0 aromatic heterocycles. The first-order chi connectivity index (χ1) is 17.9. The van der Waals surface area contributed by atoms with E-state index >= 15 is 0 Å². The minimum absolute atomic E-state index is 0.0384. The van der Waals surface area contributed by atoms with Crippen molar-refractivity contribution in [2.45, 2.75) is 138 Å². The Kier molecular flexibility index (Phi) is 6.83. The fourth-order valence-corrected chi connectivity index (χ4v) is 12.8. The van der Waals surface area contributed by atoms with E-state index in [1.807, 2.05) is 0 Å². The number of ether oxygens (including phenoxy) is 2. The number of rotatable bonds is 4. The first-order valence-electron chi connectivity index (χ1n) is 16.8. The van der Waals surface area contributed by atoms with Crippen LogP contribution in [-0.2, 0) is 9.47 Å². The maximum Gasteiger partial charge on any atom is 0.157 e. The van der Waals surface area contributed by atoms with E-state index in [2.05, 4.69) is 55.0 Å². The predicted molar refractivity (Wildman–Crippen MR) is 158 cm³/mol. The molecule has 0 radical (unpaired) electrons. The molecule has 0 aromatic rings. The maximum atomic E-state index is 6.67. The molecule has 6 fully saturated rings. The van der Waals surface area contributed by atoms with Crippen LogP contribution in [0.2, 0.25) is 0 Å². The first kappa shape index (κ1) is 27.8. The van der Waals surface area contributed by atoms with Gasteiger partial charge in [0.05, 0.1) is 6.61 Å². The van der Waals surface area contributed by atoms with Crippen LogP contribution in [0.5, 0.6) is 0 Å². The zero-order valence-electron chi connectivity index (χ0n) is 26.2. The lowest BCUT2D eigenvalue weighted by Crippen LogP contribution is -2.66. The van der Waals surface area contributed by atoms with E-state index in [1.54, 1.807) is 0 Å². The fraction of sp³-hybridized carbons (Fsp3) is 0.944. The van der Waals surface area contributed by atoms with Gasteiger partial charge in [-0.3, -0.25) is 0 Å². The minimum Gasteiger partial charge on any atom is -0.353 e. The third-order valence-electron chi connectivity index (χ3n) is 15.5. The Morgan fingerprint density at radius 1 is 0.816 bits per heavy atom. The second-order valence-corrected chi connectivity index (χ2v) is 16.9. The Hall–Kier alpha value is -0.340. The molecule has 6 aliphatic rings. The van der Waals surface area contributed by atoms with Crippen molar-refractivity contribution in [1.29, 1.82) is 0 Å². The standard InChI is InChI=1S/C36H60O2/c1-24(2)26-15-19-36(23-38-30-11-9-10-22-37-30)21-20-34(7)27(31(26)36)12-13-29-33(6)17-14-25(3)32(4,5)28(33)16-18-35(29,34)8/h25-31H,1,9-23H2,2-8H3/t25-,26-,27+,28-,29+,30?,31+,33-,34+,35+,36+/m0/s1. The minimum atomic E-state index is 0.0384. The molecule has 0 amide bonds. The van der Waals surface area contributed by atoms with E-state index in [9.17, 15) is 0 Å². The lowest BCUT2D eigenvalue weighted by atomic mass is 9.32. The van der Waals surface area contributed by atoms with Crippen molar-refractivity contribution in [3.8, 4) is 0 Å². The molecule has 6 rings (SSSR count). The van der Waals surface area contributed by atoms with Crippen molar-refractivity contribution in [3.63, 3.8) is 0 Å². The molecular weight excluding hydrogens is 464 g/mol. The molecule has 0 bridgehead atoms. The second-order valence-electron chi connectivity index (χ2n) is 16.9. The van der Waals surface area contributed by atoms with Gasteiger partial charge < -0.3 is 9.47 Å². The summed E-state index contributed by atoms with van der Waals surface area (Å²) in [7, 11) is 0. The third kappa shape index (κ3) is 3.77. The van der Waals surface area contributed by atoms with E-state index in [0.29, 0.717) is 33.0 Å². The molecule has 0 N–H and O–H groups in total. The van der Waals surface area contributed by atoms with Gasteiger partial charge >= 0.3 is 0 Å². The molecular formula is C36H60O2. The summed E-state index contributed by atoms with van der Waals surface area (Å²) >= 11 is 0. The third-order valence-corrected chi connectivity index (χ3v) is 15.5. The van der Waals surface area contributed by atoms with Gasteiger partial charge in [-0.05, 0) is 153 Å². The van der Waals surface area contributed by atoms with E-state index in [1.165, 1.54) is 82.6 Å². The Morgan fingerprint density at radius 3 is 2.32 bits per heavy atom. The highest BCUT2D eigenvalue weighted by Crippen LogP contribution is 2.77. The van der Waals surface area contributed by atoms with Gasteiger partial charge in [0.15, 0.2) is 6.29 Å². The monoisotopic (exact) mass is 524 g/mol. The van der Waals surface area contributed by atoms with Crippen molar-refractivity contribution >= 4 is 0 Å². The molecule has 2 nitrogen and oxygen atoms in total. The van der Waals surface area contributed by atoms with E-state index < -0.39 is 0 Å². The summed E-state index contributed by atoms with van der Waals surface area (Å²) in [5.41, 5.74) is 3.66. The van der Waals surface area contributed by atoms with Crippen LogP contribution >= 0.6 is 0 Å². The van der Waals surface area contributed by atoms with Crippen molar-refractivity contribution in [1.82, 2.24) is 0 Å². The van der Waals surface area contributed by atoms with Crippen molar-refractivity contribution in [2.75, 3.05) is 13.2 Å². The summed E-state index contributed by atoms with van der Waals surface area (Å²) in [6.07, 6.45) is 17.7. The zero-order valence-corrected chi connectivity index (χ0v) is 26.2. The van der Waals surface area contributed by atoms with Crippen LogP contribution in [-0.4, -0.2) is 19.5 Å². The fourth-order valence-electron chi connectivity index (χ4n) is 12.8. The van der Waals surface area contributed by atoms with Crippen LogP contribution in [0.1, 0.15) is 132 Å². The SMILES string of the molecule is C=C(C)[C@@H]1CC[C@]2(COC3CCCCO3)CC[C@]3(C)[C@H](CC[C@@H]4[C@@]5(C)CC[C@H](C)C(C)(C)[C@@H]5CC[C@]43C)[C@@H]12. The maximum absolute atomic E-state index is 6.67. The molecule has 38 heavy (non-hydrogen) atoms. The zero-order chi connectivity index (χ0) is 27.1. The average Bonchev–Trinajstić information content (AvgIpc) is 3.27. The number of hydrogen-bond donors (Lipinski definition) is 0. The number of hydrogen-bond acceptors (Lipinski definition) is 2. The Balaban J connectivity index is 1.32. The summed E-state index contributed by atoms with van der Waals surface area (Å²) in [6.45, 7) is 24.9. The molecule has 2 heteroatoms. The largest absolute Gasteiger partial charge is 0.353 e. The van der Waals surface area contributed by atoms with Crippen molar-refractivity contribution in [2.24, 2.45) is 62.6 Å². The first-order valence-corrected chi connectivity index (χ1v) is 16.8. The number of allylic oxidation sites excluding steroid dienone is 1. The molecule has 1 heterocycles. The van der Waals surface area contributed by atoms with Crippen LogP contribution in [0, 0.1) is 62.6 Å². The van der Waals surface area contributed by atoms with Gasteiger partial charge in [0, 0.05) is 6.61 Å². The molecule has 216 valence electrons. The predicted octanol–water partition coefficient (Wildman–Crippen LogP) is 9.82. The van der Waals surface area contributed by atoms with Crippen molar-refractivity contribution < 1.29 is 9.47 Å². The Morgan fingerprint density at radius 2 is 1.61 bits per heavy atom. The second kappa shape index (κ2) is 9.34. The van der Waals surface area contributed by atoms with Crippen LogP contribution in [0.4, 0.5) is 0 Å². The highest BCUT2D eigenvalue weighted by Gasteiger charge is 2.70. The van der Waals surface area contributed by atoms with E-state index in [0.717, 1.165) is 49.2 Å². The summed E-state index contributed by atoms with van der Waals surface area (Å²) in [4.78, 5) is 0. The van der Waals surface area contributed by atoms with Crippen molar-refractivity contribution in [3.05, 3.63) is 12.2 Å². The van der Waals surface area contributed by atoms with Gasteiger partial charge in [-0.25, -0.2) is 0 Å². The van der Waals surface area contributed by atoms with Gasteiger partial charge in [-0.15, -0.1) is 0 Å². The number of fused-ring (bicyclic) bond motifs is 7. The summed E-state index contributed by atoms with van der Waals surface area (Å²) in [5.74, 6) is 4.86. The molecule has 1 aliphatic heterocycles. The molecule has 5 saturated carbocycles. The lowest BCUT2D eigenvalue weighted by Gasteiger charge is -2.73. The van der Waals surface area contributed by atoms with Gasteiger partial charge in [-0.1, -0.05) is 53.7 Å². The summed E-state index contributed by atoms with van der Waals surface area (Å²) in [6, 6.07) is 0. The topological polar surface area (TPSA) is 18.5 Å².